The molecule has 4 nitrogen and oxygen atoms in total. The topological polar surface area (TPSA) is 66.4 Å². The Hall–Kier alpha value is -1.16. The lowest BCUT2D eigenvalue weighted by molar-refractivity contribution is -0.131. The van der Waals surface area contributed by atoms with Crippen LogP contribution in [0.15, 0.2) is 12.2 Å². The molecule has 2 N–H and O–H groups in total. The highest BCUT2D eigenvalue weighted by atomic mass is 16.4. The lowest BCUT2D eigenvalue weighted by Gasteiger charge is -1.88. The van der Waals surface area contributed by atoms with Gasteiger partial charge in [0, 0.05) is 6.08 Å². The maximum Gasteiger partial charge on any atom is 0.328 e. The van der Waals surface area contributed by atoms with Crippen LogP contribution in [0.3, 0.4) is 0 Å². The van der Waals surface area contributed by atoms with Crippen LogP contribution in [0, 0.1) is 0 Å². The Kier molecular flexibility index (Phi) is 4.15. The average molecular weight is 143 g/mol. The first kappa shape index (κ1) is 8.84. The standard InChI is InChI=1S/C6H9NO3/c1-7-4-5(8)2-3-6(9)10/h2-3,7H,4H2,1H3,(H,9,10). The van der Waals surface area contributed by atoms with E-state index in [1.165, 1.54) is 0 Å². The predicted octanol–water partition coefficient (Wildman–Crippen LogP) is -0.584. The second kappa shape index (κ2) is 4.69. The molecule has 0 atom stereocenters. The third-order valence-corrected chi connectivity index (χ3v) is 0.763. The number of rotatable bonds is 4. The number of hydrogen-bond acceptors (Lipinski definition) is 3. The van der Waals surface area contributed by atoms with Gasteiger partial charge in [-0.3, -0.25) is 4.79 Å². The van der Waals surface area contributed by atoms with Gasteiger partial charge in [0.05, 0.1) is 6.54 Å². The molecule has 56 valence electrons. The number of likely N-dealkylation sites (N-methyl/N-ethyl adjacent to an activating group) is 1. The summed E-state index contributed by atoms with van der Waals surface area (Å²) in [5, 5.41) is 10.7. The molecule has 0 heterocycles. The van der Waals surface area contributed by atoms with E-state index in [0.717, 1.165) is 12.2 Å². The second-order valence-electron chi connectivity index (χ2n) is 1.67. The molecule has 10 heavy (non-hydrogen) atoms. The van der Waals surface area contributed by atoms with E-state index < -0.39 is 5.97 Å². The molecule has 4 heteroatoms. The fourth-order valence-corrected chi connectivity index (χ4v) is 0.397. The number of nitrogens with one attached hydrogen (secondary N) is 1. The van der Waals surface area contributed by atoms with E-state index in [9.17, 15) is 9.59 Å². The van der Waals surface area contributed by atoms with Crippen LogP contribution >= 0.6 is 0 Å². The third-order valence-electron chi connectivity index (χ3n) is 0.763. The quantitative estimate of drug-likeness (QED) is 0.516. The SMILES string of the molecule is CNCC(=O)C=CC(=O)O. The summed E-state index contributed by atoms with van der Waals surface area (Å²) in [5.41, 5.74) is 0. The molecule has 0 aliphatic rings. The van der Waals surface area contributed by atoms with Gasteiger partial charge in [-0.2, -0.15) is 0 Å². The van der Waals surface area contributed by atoms with Gasteiger partial charge in [-0.05, 0) is 13.1 Å². The number of carboxylic acids is 1. The van der Waals surface area contributed by atoms with E-state index in [-0.39, 0.29) is 12.3 Å². The first-order chi connectivity index (χ1) is 4.66. The summed E-state index contributed by atoms with van der Waals surface area (Å²) < 4.78 is 0. The summed E-state index contributed by atoms with van der Waals surface area (Å²) in [7, 11) is 1.62. The zero-order valence-corrected chi connectivity index (χ0v) is 5.63. The Bertz CT molecular complexity index is 162. The van der Waals surface area contributed by atoms with Crippen LogP contribution in [-0.2, 0) is 9.59 Å². The average Bonchev–Trinajstić information content (AvgIpc) is 1.85. The molecule has 0 aliphatic heterocycles. The highest BCUT2D eigenvalue weighted by Crippen LogP contribution is 1.74. The number of carboxylic acid groups (broad SMARTS) is 1. The van der Waals surface area contributed by atoms with Crippen molar-refractivity contribution in [2.75, 3.05) is 13.6 Å². The van der Waals surface area contributed by atoms with E-state index in [2.05, 4.69) is 5.32 Å². The number of aliphatic carboxylic acids is 1. The van der Waals surface area contributed by atoms with Crippen molar-refractivity contribution >= 4 is 11.8 Å². The molecule has 0 aliphatic carbocycles. The van der Waals surface area contributed by atoms with Gasteiger partial charge in [0.1, 0.15) is 0 Å². The second-order valence-corrected chi connectivity index (χ2v) is 1.67. The molecule has 0 aromatic carbocycles. The van der Waals surface area contributed by atoms with Crippen molar-refractivity contribution in [3.05, 3.63) is 12.2 Å². The lowest BCUT2D eigenvalue weighted by Crippen LogP contribution is -2.16. The molecule has 0 rings (SSSR count). The van der Waals surface area contributed by atoms with Crippen LogP contribution in [-0.4, -0.2) is 30.5 Å². The fourth-order valence-electron chi connectivity index (χ4n) is 0.397. The van der Waals surface area contributed by atoms with Crippen molar-refractivity contribution in [1.82, 2.24) is 5.32 Å². The third kappa shape index (κ3) is 4.99. The summed E-state index contributed by atoms with van der Waals surface area (Å²) in [5.74, 6) is -1.35. The van der Waals surface area contributed by atoms with Gasteiger partial charge in [0.15, 0.2) is 5.78 Å². The summed E-state index contributed by atoms with van der Waals surface area (Å²) >= 11 is 0. The Morgan fingerprint density at radius 3 is 2.50 bits per heavy atom. The number of carbonyl (C=O) groups is 2. The van der Waals surface area contributed by atoms with Gasteiger partial charge in [-0.1, -0.05) is 0 Å². The first-order valence-corrected chi connectivity index (χ1v) is 2.75. The summed E-state index contributed by atoms with van der Waals surface area (Å²) in [4.78, 5) is 20.4. The molecule has 0 aromatic heterocycles. The van der Waals surface area contributed by atoms with Crippen molar-refractivity contribution in [3.63, 3.8) is 0 Å². The minimum absolute atomic E-state index is 0.170. The van der Waals surface area contributed by atoms with Crippen molar-refractivity contribution in [3.8, 4) is 0 Å². The van der Waals surface area contributed by atoms with Crippen LogP contribution in [0.2, 0.25) is 0 Å². The van der Waals surface area contributed by atoms with Gasteiger partial charge in [-0.25, -0.2) is 4.79 Å². The van der Waals surface area contributed by atoms with Crippen LogP contribution in [0.1, 0.15) is 0 Å². The van der Waals surface area contributed by atoms with Crippen molar-refractivity contribution in [2.24, 2.45) is 0 Å². The molecule has 0 aromatic rings. The Morgan fingerprint density at radius 2 is 2.10 bits per heavy atom. The van der Waals surface area contributed by atoms with Crippen molar-refractivity contribution in [1.29, 1.82) is 0 Å². The molecule has 0 saturated carbocycles. The molecular weight excluding hydrogens is 134 g/mol. The first-order valence-electron chi connectivity index (χ1n) is 2.75. The van der Waals surface area contributed by atoms with E-state index >= 15 is 0 Å². The maximum atomic E-state index is 10.5. The lowest BCUT2D eigenvalue weighted by atomic mass is 10.3. The predicted molar refractivity (Wildman–Crippen MR) is 35.7 cm³/mol. The van der Waals surface area contributed by atoms with Crippen LogP contribution in [0.4, 0.5) is 0 Å². The molecule has 0 bridgehead atoms. The number of carbonyl (C=O) groups excluding carboxylic acids is 1. The Labute approximate surface area is 58.5 Å². The Balaban J connectivity index is 3.67. The van der Waals surface area contributed by atoms with E-state index in [4.69, 9.17) is 5.11 Å². The largest absolute Gasteiger partial charge is 0.478 e. The number of hydrogen-bond donors (Lipinski definition) is 2. The van der Waals surface area contributed by atoms with Crippen molar-refractivity contribution < 1.29 is 14.7 Å². The molecule has 0 radical (unpaired) electrons. The highest BCUT2D eigenvalue weighted by Gasteiger charge is 1.93. The molecule has 0 unspecified atom stereocenters. The minimum atomic E-state index is -1.11. The van der Waals surface area contributed by atoms with Crippen molar-refractivity contribution in [2.45, 2.75) is 0 Å². The number of ketones is 1. The van der Waals surface area contributed by atoms with Crippen LogP contribution < -0.4 is 5.32 Å². The maximum absolute atomic E-state index is 10.5. The monoisotopic (exact) mass is 143 g/mol. The molecule has 0 saturated heterocycles. The zero-order valence-electron chi connectivity index (χ0n) is 5.63. The van der Waals surface area contributed by atoms with Gasteiger partial charge >= 0.3 is 5.97 Å². The van der Waals surface area contributed by atoms with E-state index in [1.54, 1.807) is 7.05 Å². The van der Waals surface area contributed by atoms with Gasteiger partial charge in [0.25, 0.3) is 0 Å². The van der Waals surface area contributed by atoms with Gasteiger partial charge in [-0.15, -0.1) is 0 Å². The van der Waals surface area contributed by atoms with Crippen LogP contribution in [0.5, 0.6) is 0 Å². The summed E-state index contributed by atoms with van der Waals surface area (Å²) in [6.45, 7) is 0.170. The minimum Gasteiger partial charge on any atom is -0.478 e. The van der Waals surface area contributed by atoms with Crippen LogP contribution in [0.25, 0.3) is 0 Å². The smallest absolute Gasteiger partial charge is 0.328 e. The fraction of sp³-hybridized carbons (Fsp3) is 0.333. The van der Waals surface area contributed by atoms with E-state index in [1.807, 2.05) is 0 Å². The molecule has 0 amide bonds. The van der Waals surface area contributed by atoms with Gasteiger partial charge < -0.3 is 10.4 Å². The summed E-state index contributed by atoms with van der Waals surface area (Å²) in [6.07, 6.45) is 1.85. The summed E-state index contributed by atoms with van der Waals surface area (Å²) in [6, 6.07) is 0. The zero-order chi connectivity index (χ0) is 7.98. The van der Waals surface area contributed by atoms with Gasteiger partial charge in [0.2, 0.25) is 0 Å². The molecular formula is C6H9NO3. The molecule has 0 fully saturated rings. The Morgan fingerprint density at radius 1 is 1.50 bits per heavy atom. The highest BCUT2D eigenvalue weighted by molar-refractivity contribution is 5.96. The normalized spacial score (nSPS) is 10.1. The molecule has 0 spiro atoms. The van der Waals surface area contributed by atoms with E-state index in [0.29, 0.717) is 0 Å².